The van der Waals surface area contributed by atoms with Crippen LogP contribution in [0.3, 0.4) is 0 Å². The van der Waals surface area contributed by atoms with Gasteiger partial charge in [0.2, 0.25) is 0 Å². The zero-order valence-corrected chi connectivity index (χ0v) is 14.7. The second-order valence-electron chi connectivity index (χ2n) is 7.64. The molecule has 0 spiro atoms. The molecule has 1 atom stereocenters. The third-order valence-electron chi connectivity index (χ3n) is 5.11. The van der Waals surface area contributed by atoms with E-state index in [2.05, 4.69) is 46.4 Å². The molecule has 1 aliphatic heterocycles. The molecule has 0 saturated carbocycles. The fraction of sp³-hybridized carbons (Fsp3) is 1.00. The van der Waals surface area contributed by atoms with Gasteiger partial charge in [0.15, 0.2) is 0 Å². The van der Waals surface area contributed by atoms with Crippen LogP contribution in [0, 0.1) is 17.3 Å². The van der Waals surface area contributed by atoms with Crippen LogP contribution in [0.4, 0.5) is 0 Å². The van der Waals surface area contributed by atoms with E-state index in [4.69, 9.17) is 4.74 Å². The van der Waals surface area contributed by atoms with Crippen LogP contribution in [0.1, 0.15) is 67.2 Å². The number of rotatable bonds is 8. The average Bonchev–Trinajstić information content (AvgIpc) is 2.38. The lowest BCUT2D eigenvalue weighted by molar-refractivity contribution is 0.0310. The topological polar surface area (TPSA) is 12.5 Å². The van der Waals surface area contributed by atoms with Gasteiger partial charge in [-0.2, -0.15) is 0 Å². The van der Waals surface area contributed by atoms with E-state index in [1.165, 1.54) is 38.8 Å². The highest BCUT2D eigenvalue weighted by atomic mass is 16.5. The van der Waals surface area contributed by atoms with Crippen molar-refractivity contribution in [2.45, 2.75) is 73.3 Å². The number of piperidine rings is 1. The summed E-state index contributed by atoms with van der Waals surface area (Å²) in [4.78, 5) is 2.59. The molecule has 0 aromatic carbocycles. The van der Waals surface area contributed by atoms with Crippen molar-refractivity contribution < 1.29 is 4.74 Å². The highest BCUT2D eigenvalue weighted by Crippen LogP contribution is 2.42. The molecule has 20 heavy (non-hydrogen) atoms. The van der Waals surface area contributed by atoms with Crippen molar-refractivity contribution in [2.24, 2.45) is 17.3 Å². The second-order valence-corrected chi connectivity index (χ2v) is 7.64. The van der Waals surface area contributed by atoms with Crippen molar-refractivity contribution >= 4 is 0 Å². The van der Waals surface area contributed by atoms with E-state index in [1.807, 2.05) is 0 Å². The smallest absolute Gasteiger partial charge is 0.0596 e. The van der Waals surface area contributed by atoms with Crippen molar-refractivity contribution in [1.29, 1.82) is 0 Å². The predicted octanol–water partition coefficient (Wildman–Crippen LogP) is 4.59. The Labute approximate surface area is 127 Å². The van der Waals surface area contributed by atoms with Crippen LogP contribution in [0.25, 0.3) is 0 Å². The molecule has 1 rings (SSSR count). The number of nitrogens with zero attached hydrogens (tertiary/aromatic N) is 1. The van der Waals surface area contributed by atoms with E-state index in [0.717, 1.165) is 25.0 Å². The first-order chi connectivity index (χ1) is 9.37. The van der Waals surface area contributed by atoms with Gasteiger partial charge in [-0.1, -0.05) is 34.1 Å². The summed E-state index contributed by atoms with van der Waals surface area (Å²) in [6, 6.07) is 0. The Morgan fingerprint density at radius 2 is 1.75 bits per heavy atom. The average molecular weight is 284 g/mol. The lowest BCUT2D eigenvalue weighted by Crippen LogP contribution is -2.41. The van der Waals surface area contributed by atoms with Gasteiger partial charge in [-0.05, 0) is 63.5 Å². The molecule has 0 aromatic rings. The number of hydrogen-bond donors (Lipinski definition) is 0. The summed E-state index contributed by atoms with van der Waals surface area (Å²) < 4.78 is 5.67. The van der Waals surface area contributed by atoms with Gasteiger partial charge in [0.25, 0.3) is 0 Å². The fourth-order valence-electron chi connectivity index (χ4n) is 3.80. The molecule has 0 aliphatic carbocycles. The minimum absolute atomic E-state index is 0.363. The van der Waals surface area contributed by atoms with Crippen LogP contribution < -0.4 is 0 Å². The van der Waals surface area contributed by atoms with Gasteiger partial charge in [0.05, 0.1) is 12.7 Å². The largest absolute Gasteiger partial charge is 0.377 e. The monoisotopic (exact) mass is 283 g/mol. The van der Waals surface area contributed by atoms with Crippen molar-refractivity contribution in [3.05, 3.63) is 0 Å². The minimum atomic E-state index is 0.363. The highest BCUT2D eigenvalue weighted by molar-refractivity contribution is 4.86. The first kappa shape index (κ1) is 18.0. The molecular formula is C18H37NO. The van der Waals surface area contributed by atoms with Gasteiger partial charge >= 0.3 is 0 Å². The predicted molar refractivity (Wildman–Crippen MR) is 88.1 cm³/mol. The van der Waals surface area contributed by atoms with Crippen LogP contribution in [-0.4, -0.2) is 37.2 Å². The molecule has 0 amide bonds. The summed E-state index contributed by atoms with van der Waals surface area (Å²) in [5, 5.41) is 0. The van der Waals surface area contributed by atoms with Gasteiger partial charge in [-0.3, -0.25) is 0 Å². The second kappa shape index (κ2) is 8.38. The molecule has 0 bridgehead atoms. The van der Waals surface area contributed by atoms with E-state index in [1.54, 1.807) is 0 Å². The summed E-state index contributed by atoms with van der Waals surface area (Å²) in [6.07, 6.45) is 5.82. The third kappa shape index (κ3) is 5.73. The maximum Gasteiger partial charge on any atom is 0.0596 e. The van der Waals surface area contributed by atoms with Gasteiger partial charge in [0.1, 0.15) is 0 Å². The maximum atomic E-state index is 5.67. The minimum Gasteiger partial charge on any atom is -0.377 e. The maximum absolute atomic E-state index is 5.67. The van der Waals surface area contributed by atoms with E-state index >= 15 is 0 Å². The van der Waals surface area contributed by atoms with Crippen LogP contribution >= 0.6 is 0 Å². The molecule has 2 heteroatoms. The molecule has 0 N–H and O–H groups in total. The summed E-state index contributed by atoms with van der Waals surface area (Å²) in [5.74, 6) is 1.73. The fourth-order valence-corrected chi connectivity index (χ4v) is 3.80. The Kier molecular flexibility index (Phi) is 7.53. The molecule has 0 aromatic heterocycles. The summed E-state index contributed by atoms with van der Waals surface area (Å²) in [7, 11) is 0. The third-order valence-corrected chi connectivity index (χ3v) is 5.11. The highest BCUT2D eigenvalue weighted by Gasteiger charge is 2.35. The lowest BCUT2D eigenvalue weighted by Gasteiger charge is -2.43. The molecule has 120 valence electrons. The van der Waals surface area contributed by atoms with E-state index in [-0.39, 0.29) is 0 Å². The molecule has 1 saturated heterocycles. The van der Waals surface area contributed by atoms with Gasteiger partial charge in [-0.25, -0.2) is 0 Å². The van der Waals surface area contributed by atoms with Crippen molar-refractivity contribution in [3.8, 4) is 0 Å². The van der Waals surface area contributed by atoms with E-state index in [9.17, 15) is 0 Å². The zero-order valence-electron chi connectivity index (χ0n) is 14.7. The molecule has 1 fully saturated rings. The number of ether oxygens (including phenoxy) is 1. The first-order valence-electron chi connectivity index (χ1n) is 8.71. The van der Waals surface area contributed by atoms with Crippen LogP contribution in [0.2, 0.25) is 0 Å². The first-order valence-corrected chi connectivity index (χ1v) is 8.71. The SMILES string of the molecule is CCC(C)(CC(C)C)C1CCN(CCOC(C)C)CC1. The summed E-state index contributed by atoms with van der Waals surface area (Å²) in [6.45, 7) is 18.4. The quantitative estimate of drug-likeness (QED) is 0.646. The van der Waals surface area contributed by atoms with Gasteiger partial charge in [-0.15, -0.1) is 0 Å². The number of likely N-dealkylation sites (tertiary alicyclic amines) is 1. The van der Waals surface area contributed by atoms with Crippen LogP contribution in [-0.2, 0) is 4.74 Å². The van der Waals surface area contributed by atoms with E-state index < -0.39 is 0 Å². The van der Waals surface area contributed by atoms with Gasteiger partial charge < -0.3 is 9.64 Å². The standard InChI is InChI=1S/C18H37NO/c1-7-18(6,14-15(2)3)17-8-10-19(11-9-17)12-13-20-16(4)5/h15-17H,7-14H2,1-6H3. The molecular weight excluding hydrogens is 246 g/mol. The van der Waals surface area contributed by atoms with Crippen molar-refractivity contribution in [2.75, 3.05) is 26.2 Å². The normalized spacial score (nSPS) is 21.6. The molecule has 1 aliphatic rings. The van der Waals surface area contributed by atoms with Crippen LogP contribution in [0.5, 0.6) is 0 Å². The Balaban J connectivity index is 2.36. The Morgan fingerprint density at radius 3 is 2.20 bits per heavy atom. The summed E-state index contributed by atoms with van der Waals surface area (Å²) >= 11 is 0. The van der Waals surface area contributed by atoms with E-state index in [0.29, 0.717) is 11.5 Å². The molecule has 1 heterocycles. The summed E-state index contributed by atoms with van der Waals surface area (Å²) in [5.41, 5.74) is 0.550. The number of hydrogen-bond acceptors (Lipinski definition) is 2. The Hall–Kier alpha value is -0.0800. The van der Waals surface area contributed by atoms with Gasteiger partial charge in [0, 0.05) is 6.54 Å². The Morgan fingerprint density at radius 1 is 1.15 bits per heavy atom. The Bertz CT molecular complexity index is 256. The molecule has 2 nitrogen and oxygen atoms in total. The lowest BCUT2D eigenvalue weighted by atomic mass is 9.66. The zero-order chi connectivity index (χ0) is 15.2. The van der Waals surface area contributed by atoms with Crippen LogP contribution in [0.15, 0.2) is 0 Å². The van der Waals surface area contributed by atoms with Crippen molar-refractivity contribution in [3.63, 3.8) is 0 Å². The molecule has 1 unspecified atom stereocenters. The molecule has 0 radical (unpaired) electrons. The van der Waals surface area contributed by atoms with Crippen molar-refractivity contribution in [1.82, 2.24) is 4.90 Å².